The Labute approximate surface area is 102 Å². The third-order valence-corrected chi connectivity index (χ3v) is 3.52. The van der Waals surface area contributed by atoms with E-state index in [1.54, 1.807) is 0 Å². The van der Waals surface area contributed by atoms with Gasteiger partial charge in [0.25, 0.3) is 0 Å². The van der Waals surface area contributed by atoms with Gasteiger partial charge in [-0.15, -0.1) is 0 Å². The maximum Gasteiger partial charge on any atom is 0.0297 e. The number of nitrogens with two attached hydrogens (primary N) is 1. The Morgan fingerprint density at radius 1 is 1.06 bits per heavy atom. The lowest BCUT2D eigenvalue weighted by Crippen LogP contribution is -2.17. The van der Waals surface area contributed by atoms with Gasteiger partial charge in [0.15, 0.2) is 0 Å². The van der Waals surface area contributed by atoms with Crippen molar-refractivity contribution in [1.82, 2.24) is 4.98 Å². The molecule has 86 valence electrons. The van der Waals surface area contributed by atoms with E-state index in [0.717, 1.165) is 6.42 Å². The Morgan fingerprint density at radius 2 is 1.88 bits per heavy atom. The number of pyridine rings is 1. The van der Waals surface area contributed by atoms with Gasteiger partial charge in [0.05, 0.1) is 0 Å². The van der Waals surface area contributed by atoms with Crippen molar-refractivity contribution in [1.29, 1.82) is 0 Å². The van der Waals surface area contributed by atoms with Crippen LogP contribution in [0.15, 0.2) is 42.7 Å². The average molecular weight is 224 g/mol. The van der Waals surface area contributed by atoms with Crippen LogP contribution in [-0.2, 0) is 6.42 Å². The first-order valence-electron chi connectivity index (χ1n) is 6.13. The van der Waals surface area contributed by atoms with Crippen LogP contribution in [-0.4, -0.2) is 4.98 Å². The fraction of sp³-hybridized carbons (Fsp3) is 0.267. The van der Waals surface area contributed by atoms with E-state index in [0.29, 0.717) is 0 Å². The number of rotatable bonds is 1. The van der Waals surface area contributed by atoms with Gasteiger partial charge >= 0.3 is 0 Å². The molecule has 1 aliphatic carbocycles. The normalized spacial score (nSPS) is 18.8. The van der Waals surface area contributed by atoms with Crippen LogP contribution in [0.3, 0.4) is 0 Å². The lowest BCUT2D eigenvalue weighted by Gasteiger charge is -2.22. The van der Waals surface area contributed by atoms with Crippen molar-refractivity contribution in [3.8, 4) is 11.1 Å². The first kappa shape index (κ1) is 10.5. The monoisotopic (exact) mass is 224 g/mol. The molecule has 0 spiro atoms. The summed E-state index contributed by atoms with van der Waals surface area (Å²) in [6.45, 7) is 0. The highest BCUT2D eigenvalue weighted by molar-refractivity contribution is 5.64. The Kier molecular flexibility index (Phi) is 2.65. The standard InChI is InChI=1S/C15H16N2/c16-15-3-1-2-12-4-5-13(10-14(12)15)11-6-8-17-9-7-11/h4-10,15H,1-3,16H2. The Morgan fingerprint density at radius 3 is 2.71 bits per heavy atom. The molecule has 1 atom stereocenters. The molecule has 1 aromatic heterocycles. The zero-order valence-corrected chi connectivity index (χ0v) is 9.76. The minimum Gasteiger partial charge on any atom is -0.324 e. The number of nitrogens with zero attached hydrogens (tertiary/aromatic N) is 1. The van der Waals surface area contributed by atoms with Crippen molar-refractivity contribution in [3.63, 3.8) is 0 Å². The van der Waals surface area contributed by atoms with Gasteiger partial charge in [-0.2, -0.15) is 0 Å². The molecule has 17 heavy (non-hydrogen) atoms. The van der Waals surface area contributed by atoms with Gasteiger partial charge in [-0.25, -0.2) is 0 Å². The van der Waals surface area contributed by atoms with Gasteiger partial charge in [-0.05, 0) is 59.7 Å². The van der Waals surface area contributed by atoms with Crippen LogP contribution in [0.2, 0.25) is 0 Å². The lowest BCUT2D eigenvalue weighted by molar-refractivity contribution is 0.571. The molecule has 2 aromatic rings. The smallest absolute Gasteiger partial charge is 0.0297 e. The summed E-state index contributed by atoms with van der Waals surface area (Å²) >= 11 is 0. The number of fused-ring (bicyclic) bond motifs is 1. The summed E-state index contributed by atoms with van der Waals surface area (Å²) in [4.78, 5) is 4.05. The van der Waals surface area contributed by atoms with E-state index in [-0.39, 0.29) is 6.04 Å². The lowest BCUT2D eigenvalue weighted by atomic mass is 9.86. The molecule has 1 heterocycles. The molecule has 0 fully saturated rings. The van der Waals surface area contributed by atoms with E-state index in [1.807, 2.05) is 24.5 Å². The minimum absolute atomic E-state index is 0.209. The molecule has 0 radical (unpaired) electrons. The molecule has 2 heteroatoms. The Hall–Kier alpha value is -1.67. The van der Waals surface area contributed by atoms with Crippen molar-refractivity contribution in [2.75, 3.05) is 0 Å². The summed E-state index contributed by atoms with van der Waals surface area (Å²) in [6.07, 6.45) is 7.14. The first-order valence-corrected chi connectivity index (χ1v) is 6.13. The second-order valence-electron chi connectivity index (χ2n) is 4.65. The molecule has 0 saturated carbocycles. The van der Waals surface area contributed by atoms with E-state index in [9.17, 15) is 0 Å². The summed E-state index contributed by atoms with van der Waals surface area (Å²) in [5.41, 5.74) is 11.4. The van der Waals surface area contributed by atoms with Crippen LogP contribution in [0.25, 0.3) is 11.1 Å². The SMILES string of the molecule is NC1CCCc2ccc(-c3ccncc3)cc21. The van der Waals surface area contributed by atoms with Gasteiger partial charge in [0.1, 0.15) is 0 Å². The fourth-order valence-electron chi connectivity index (χ4n) is 2.56. The number of aromatic nitrogens is 1. The Bertz CT molecular complexity index is 520. The predicted octanol–water partition coefficient (Wildman–Crippen LogP) is 3.08. The van der Waals surface area contributed by atoms with Crippen molar-refractivity contribution in [2.45, 2.75) is 25.3 Å². The highest BCUT2D eigenvalue weighted by atomic mass is 14.6. The highest BCUT2D eigenvalue weighted by Crippen LogP contribution is 2.31. The number of hydrogen-bond acceptors (Lipinski definition) is 2. The van der Waals surface area contributed by atoms with Gasteiger partial charge in [0, 0.05) is 18.4 Å². The van der Waals surface area contributed by atoms with Crippen molar-refractivity contribution in [3.05, 3.63) is 53.9 Å². The number of aryl methyl sites for hydroxylation is 1. The van der Waals surface area contributed by atoms with Gasteiger partial charge in [-0.1, -0.05) is 12.1 Å². The van der Waals surface area contributed by atoms with E-state index < -0.39 is 0 Å². The molecule has 1 aliphatic rings. The second-order valence-corrected chi connectivity index (χ2v) is 4.65. The van der Waals surface area contributed by atoms with Crippen molar-refractivity contribution in [2.24, 2.45) is 5.73 Å². The maximum absolute atomic E-state index is 6.18. The highest BCUT2D eigenvalue weighted by Gasteiger charge is 2.16. The molecule has 2 N–H and O–H groups in total. The first-order chi connectivity index (χ1) is 8.34. The molecule has 0 amide bonds. The molecule has 2 nitrogen and oxygen atoms in total. The van der Waals surface area contributed by atoms with Crippen molar-refractivity contribution < 1.29 is 0 Å². The third kappa shape index (κ3) is 1.96. The predicted molar refractivity (Wildman–Crippen MR) is 69.5 cm³/mol. The fourth-order valence-corrected chi connectivity index (χ4v) is 2.56. The maximum atomic E-state index is 6.18. The van der Waals surface area contributed by atoms with Gasteiger partial charge in [-0.3, -0.25) is 4.98 Å². The molecule has 0 saturated heterocycles. The van der Waals surface area contributed by atoms with Crippen molar-refractivity contribution >= 4 is 0 Å². The molecular weight excluding hydrogens is 208 g/mol. The van der Waals surface area contributed by atoms with Gasteiger partial charge in [0.2, 0.25) is 0 Å². The van der Waals surface area contributed by atoms with Crippen LogP contribution in [0.4, 0.5) is 0 Å². The van der Waals surface area contributed by atoms with Crippen LogP contribution >= 0.6 is 0 Å². The zero-order chi connectivity index (χ0) is 11.7. The summed E-state index contributed by atoms with van der Waals surface area (Å²) in [7, 11) is 0. The quantitative estimate of drug-likeness (QED) is 0.808. The topological polar surface area (TPSA) is 38.9 Å². The molecule has 1 unspecified atom stereocenters. The Balaban J connectivity index is 2.06. The molecule has 1 aromatic carbocycles. The largest absolute Gasteiger partial charge is 0.324 e. The van der Waals surface area contributed by atoms with E-state index in [4.69, 9.17) is 5.73 Å². The summed E-state index contributed by atoms with van der Waals surface area (Å²) in [6, 6.07) is 10.9. The van der Waals surface area contributed by atoms with Crippen LogP contribution < -0.4 is 5.73 Å². The number of benzene rings is 1. The summed E-state index contributed by atoms with van der Waals surface area (Å²) < 4.78 is 0. The number of hydrogen-bond donors (Lipinski definition) is 1. The summed E-state index contributed by atoms with van der Waals surface area (Å²) in [5, 5.41) is 0. The molecule has 0 bridgehead atoms. The summed E-state index contributed by atoms with van der Waals surface area (Å²) in [5.74, 6) is 0. The van der Waals surface area contributed by atoms with E-state index in [1.165, 1.54) is 35.1 Å². The van der Waals surface area contributed by atoms with Gasteiger partial charge < -0.3 is 5.73 Å². The second kappa shape index (κ2) is 4.30. The van der Waals surface area contributed by atoms with E-state index in [2.05, 4.69) is 23.2 Å². The van der Waals surface area contributed by atoms with E-state index >= 15 is 0 Å². The third-order valence-electron chi connectivity index (χ3n) is 3.52. The molecule has 3 rings (SSSR count). The molecular formula is C15H16N2. The minimum atomic E-state index is 0.209. The zero-order valence-electron chi connectivity index (χ0n) is 9.76. The van der Waals surface area contributed by atoms with Crippen LogP contribution in [0.1, 0.15) is 30.0 Å². The van der Waals surface area contributed by atoms with Crippen LogP contribution in [0.5, 0.6) is 0 Å². The molecule has 0 aliphatic heterocycles. The van der Waals surface area contributed by atoms with Crippen LogP contribution in [0, 0.1) is 0 Å². The average Bonchev–Trinajstić information content (AvgIpc) is 2.40.